The lowest BCUT2D eigenvalue weighted by molar-refractivity contribution is -0.118. The molecular weight excluding hydrogens is 384 g/mol. The van der Waals surface area contributed by atoms with Gasteiger partial charge in [0.25, 0.3) is 11.8 Å². The number of hydrogen-bond acceptors (Lipinski definition) is 4. The van der Waals surface area contributed by atoms with Crippen molar-refractivity contribution in [1.82, 2.24) is 0 Å². The standard InChI is InChI=1S/C23H30N2O3S/c1-13-6-9-17(14(2)10-13)28-12-19(26)25-22-20(21(24)27)16-8-7-15(23(3,4)5)11-18(16)29-22/h6,9-10,15H,7-8,11-12H2,1-5H3,(H2,24,27)(H,25,26)/t15-/m0/s1. The number of ether oxygens (including phenoxy) is 1. The second kappa shape index (κ2) is 8.19. The van der Waals surface area contributed by atoms with Crippen LogP contribution in [0.2, 0.25) is 0 Å². The molecule has 1 heterocycles. The highest BCUT2D eigenvalue weighted by molar-refractivity contribution is 7.17. The van der Waals surface area contributed by atoms with Crippen LogP contribution in [0.25, 0.3) is 0 Å². The molecule has 29 heavy (non-hydrogen) atoms. The molecule has 0 saturated heterocycles. The third-order valence-corrected chi connectivity index (χ3v) is 6.85. The van der Waals surface area contributed by atoms with Crippen molar-refractivity contribution in [3.63, 3.8) is 0 Å². The molecule has 1 aliphatic carbocycles. The van der Waals surface area contributed by atoms with Gasteiger partial charge in [-0.2, -0.15) is 0 Å². The highest BCUT2D eigenvalue weighted by atomic mass is 32.1. The fourth-order valence-electron chi connectivity index (χ4n) is 3.94. The molecule has 0 spiro atoms. The van der Waals surface area contributed by atoms with Crippen LogP contribution in [-0.4, -0.2) is 18.4 Å². The topological polar surface area (TPSA) is 81.4 Å². The van der Waals surface area contributed by atoms with Crippen molar-refractivity contribution in [3.8, 4) is 5.75 Å². The summed E-state index contributed by atoms with van der Waals surface area (Å²) in [6.45, 7) is 10.6. The van der Waals surface area contributed by atoms with E-state index in [0.717, 1.165) is 40.8 Å². The lowest BCUT2D eigenvalue weighted by Crippen LogP contribution is -2.27. The number of rotatable bonds is 5. The first-order valence-electron chi connectivity index (χ1n) is 10.0. The Kier molecular flexibility index (Phi) is 6.03. The van der Waals surface area contributed by atoms with E-state index < -0.39 is 5.91 Å². The van der Waals surface area contributed by atoms with E-state index in [1.807, 2.05) is 32.0 Å². The second-order valence-corrected chi connectivity index (χ2v) is 10.1. The van der Waals surface area contributed by atoms with Crippen molar-refractivity contribution in [3.05, 3.63) is 45.3 Å². The van der Waals surface area contributed by atoms with E-state index in [9.17, 15) is 9.59 Å². The van der Waals surface area contributed by atoms with Gasteiger partial charge in [0.15, 0.2) is 6.61 Å². The SMILES string of the molecule is Cc1ccc(OCC(=O)Nc2sc3c(c2C(N)=O)CC[C@H](C(C)(C)C)C3)c(C)c1. The van der Waals surface area contributed by atoms with Crippen LogP contribution in [0.3, 0.4) is 0 Å². The van der Waals surface area contributed by atoms with E-state index in [1.165, 1.54) is 11.3 Å². The third-order valence-electron chi connectivity index (χ3n) is 5.68. The summed E-state index contributed by atoms with van der Waals surface area (Å²) >= 11 is 1.48. The van der Waals surface area contributed by atoms with Crippen LogP contribution in [-0.2, 0) is 17.6 Å². The first-order chi connectivity index (χ1) is 13.6. The van der Waals surface area contributed by atoms with Gasteiger partial charge in [-0.15, -0.1) is 11.3 Å². The number of carbonyl (C=O) groups is 2. The number of primary amides is 1. The maximum atomic E-state index is 12.5. The molecule has 3 N–H and O–H groups in total. The maximum absolute atomic E-state index is 12.5. The number of fused-ring (bicyclic) bond motifs is 1. The van der Waals surface area contributed by atoms with E-state index in [-0.39, 0.29) is 17.9 Å². The second-order valence-electron chi connectivity index (χ2n) is 8.98. The van der Waals surface area contributed by atoms with Gasteiger partial charge in [0.05, 0.1) is 5.56 Å². The van der Waals surface area contributed by atoms with Crippen molar-refractivity contribution in [2.45, 2.75) is 53.9 Å². The molecule has 0 radical (unpaired) electrons. The molecule has 0 fully saturated rings. The van der Waals surface area contributed by atoms with Gasteiger partial charge in [-0.1, -0.05) is 38.5 Å². The van der Waals surface area contributed by atoms with E-state index >= 15 is 0 Å². The number of benzene rings is 1. The molecule has 6 heteroatoms. The Morgan fingerprint density at radius 3 is 2.62 bits per heavy atom. The molecule has 0 saturated carbocycles. The molecule has 1 aromatic heterocycles. The van der Waals surface area contributed by atoms with Crippen LogP contribution in [0, 0.1) is 25.2 Å². The molecule has 0 bridgehead atoms. The number of amides is 2. The Hall–Kier alpha value is -2.34. The zero-order valence-electron chi connectivity index (χ0n) is 17.8. The van der Waals surface area contributed by atoms with E-state index in [1.54, 1.807) is 0 Å². The largest absolute Gasteiger partial charge is 0.483 e. The minimum atomic E-state index is -0.484. The fourth-order valence-corrected chi connectivity index (χ4v) is 5.29. The first-order valence-corrected chi connectivity index (χ1v) is 10.8. The Balaban J connectivity index is 1.74. The van der Waals surface area contributed by atoms with Crippen LogP contribution in [0.4, 0.5) is 5.00 Å². The van der Waals surface area contributed by atoms with E-state index in [2.05, 4.69) is 26.1 Å². The minimum absolute atomic E-state index is 0.116. The molecule has 5 nitrogen and oxygen atoms in total. The molecule has 1 aliphatic rings. The lowest BCUT2D eigenvalue weighted by Gasteiger charge is -2.33. The van der Waals surface area contributed by atoms with Crippen molar-refractivity contribution >= 4 is 28.2 Å². The number of carbonyl (C=O) groups excluding carboxylic acids is 2. The van der Waals surface area contributed by atoms with Gasteiger partial charge < -0.3 is 15.8 Å². The maximum Gasteiger partial charge on any atom is 0.262 e. The fraction of sp³-hybridized carbons (Fsp3) is 0.478. The summed E-state index contributed by atoms with van der Waals surface area (Å²) in [5, 5.41) is 3.40. The smallest absolute Gasteiger partial charge is 0.262 e. The predicted octanol–water partition coefficient (Wildman–Crippen LogP) is 4.63. The summed E-state index contributed by atoms with van der Waals surface area (Å²) in [4.78, 5) is 25.8. The molecule has 1 atom stereocenters. The third kappa shape index (κ3) is 4.81. The summed E-state index contributed by atoms with van der Waals surface area (Å²) in [7, 11) is 0. The average Bonchev–Trinajstić information content (AvgIpc) is 2.97. The number of aryl methyl sites for hydroxylation is 2. The molecule has 2 aromatic rings. The molecular formula is C23H30N2O3S. The van der Waals surface area contributed by atoms with Gasteiger partial charge in [0.2, 0.25) is 0 Å². The van der Waals surface area contributed by atoms with Crippen molar-refractivity contribution < 1.29 is 14.3 Å². The molecule has 0 unspecified atom stereocenters. The van der Waals surface area contributed by atoms with Gasteiger partial charge in [0, 0.05) is 4.88 Å². The number of nitrogens with two attached hydrogens (primary N) is 1. The van der Waals surface area contributed by atoms with Crippen LogP contribution in [0.5, 0.6) is 5.75 Å². The van der Waals surface area contributed by atoms with Crippen LogP contribution in [0.1, 0.15) is 59.1 Å². The lowest BCUT2D eigenvalue weighted by atomic mass is 9.72. The monoisotopic (exact) mass is 414 g/mol. The molecule has 2 amide bonds. The predicted molar refractivity (Wildman–Crippen MR) is 118 cm³/mol. The normalized spacial score (nSPS) is 16.2. The van der Waals surface area contributed by atoms with Gasteiger partial charge in [-0.05, 0) is 61.6 Å². The summed E-state index contributed by atoms with van der Waals surface area (Å²) in [5.41, 5.74) is 9.47. The molecule has 1 aromatic carbocycles. The zero-order chi connectivity index (χ0) is 21.3. The molecule has 156 valence electrons. The quantitative estimate of drug-likeness (QED) is 0.748. The summed E-state index contributed by atoms with van der Waals surface area (Å²) in [5.74, 6) is 0.450. The summed E-state index contributed by atoms with van der Waals surface area (Å²) in [6.07, 6.45) is 2.76. The highest BCUT2D eigenvalue weighted by Crippen LogP contribution is 2.44. The first kappa shape index (κ1) is 21.4. The number of thiophene rings is 1. The number of hydrogen-bond donors (Lipinski definition) is 2. The number of nitrogens with one attached hydrogen (secondary N) is 1. The van der Waals surface area contributed by atoms with Crippen LogP contribution >= 0.6 is 11.3 Å². The van der Waals surface area contributed by atoms with Crippen LogP contribution < -0.4 is 15.8 Å². The van der Waals surface area contributed by atoms with Gasteiger partial charge in [-0.25, -0.2) is 0 Å². The summed E-state index contributed by atoms with van der Waals surface area (Å²) in [6, 6.07) is 5.82. The molecule has 3 rings (SSSR count). The Morgan fingerprint density at radius 1 is 1.28 bits per heavy atom. The average molecular weight is 415 g/mol. The Bertz CT molecular complexity index is 940. The molecule has 0 aliphatic heterocycles. The summed E-state index contributed by atoms with van der Waals surface area (Å²) < 4.78 is 5.67. The van der Waals surface area contributed by atoms with Crippen molar-refractivity contribution in [2.24, 2.45) is 17.1 Å². The van der Waals surface area contributed by atoms with Gasteiger partial charge in [-0.3, -0.25) is 9.59 Å². The zero-order valence-corrected chi connectivity index (χ0v) is 18.7. The highest BCUT2D eigenvalue weighted by Gasteiger charge is 2.33. The Morgan fingerprint density at radius 2 is 2.00 bits per heavy atom. The van der Waals surface area contributed by atoms with Gasteiger partial charge >= 0.3 is 0 Å². The van der Waals surface area contributed by atoms with Gasteiger partial charge in [0.1, 0.15) is 10.8 Å². The van der Waals surface area contributed by atoms with E-state index in [4.69, 9.17) is 10.5 Å². The van der Waals surface area contributed by atoms with Crippen LogP contribution in [0.15, 0.2) is 18.2 Å². The van der Waals surface area contributed by atoms with Crippen molar-refractivity contribution in [1.29, 1.82) is 0 Å². The number of anilines is 1. The Labute approximate surface area is 176 Å². The van der Waals surface area contributed by atoms with E-state index in [0.29, 0.717) is 22.2 Å². The minimum Gasteiger partial charge on any atom is -0.483 e. The van der Waals surface area contributed by atoms with Crippen molar-refractivity contribution in [2.75, 3.05) is 11.9 Å².